The molecule has 0 atom stereocenters. The molecule has 31 heavy (non-hydrogen) atoms. The summed E-state index contributed by atoms with van der Waals surface area (Å²) in [6, 6.07) is 13.5. The smallest absolute Gasteiger partial charge is 0.305 e. The van der Waals surface area contributed by atoms with Gasteiger partial charge in [0.2, 0.25) is 5.78 Å². The number of carbonyl (C=O) groups excluding carboxylic acids is 1. The van der Waals surface area contributed by atoms with Crippen molar-refractivity contribution in [2.75, 3.05) is 12.4 Å². The van der Waals surface area contributed by atoms with E-state index < -0.39 is 0 Å². The number of para-hydroxylation sites is 1. The SMILES string of the molecule is CCOC(=O)CCCSc1nnc2n(-c3cc(C)ccc3C)c(=O)c3ccccc3n12. The third kappa shape index (κ3) is 4.07. The lowest BCUT2D eigenvalue weighted by molar-refractivity contribution is -0.143. The quantitative estimate of drug-likeness (QED) is 0.247. The van der Waals surface area contributed by atoms with Crippen LogP contribution in [0.25, 0.3) is 22.4 Å². The lowest BCUT2D eigenvalue weighted by atomic mass is 10.1. The van der Waals surface area contributed by atoms with Crippen molar-refractivity contribution in [1.29, 1.82) is 0 Å². The molecule has 0 bridgehead atoms. The molecule has 0 radical (unpaired) electrons. The van der Waals surface area contributed by atoms with Gasteiger partial charge in [-0.2, -0.15) is 0 Å². The molecule has 160 valence electrons. The molecule has 4 rings (SSSR count). The molecule has 0 saturated carbocycles. The minimum absolute atomic E-state index is 0.122. The van der Waals surface area contributed by atoms with Crippen molar-refractivity contribution in [3.8, 4) is 5.69 Å². The van der Waals surface area contributed by atoms with Gasteiger partial charge < -0.3 is 4.74 Å². The maximum absolute atomic E-state index is 13.4. The van der Waals surface area contributed by atoms with Gasteiger partial charge in [0.05, 0.1) is 23.2 Å². The topological polar surface area (TPSA) is 78.5 Å². The number of nitrogens with zero attached hydrogens (tertiary/aromatic N) is 4. The summed E-state index contributed by atoms with van der Waals surface area (Å²) >= 11 is 1.51. The van der Waals surface area contributed by atoms with E-state index in [-0.39, 0.29) is 11.5 Å². The number of hydrogen-bond acceptors (Lipinski definition) is 6. The summed E-state index contributed by atoms with van der Waals surface area (Å²) in [5, 5.41) is 10.1. The summed E-state index contributed by atoms with van der Waals surface area (Å²) in [4.78, 5) is 25.0. The van der Waals surface area contributed by atoms with Crippen LogP contribution < -0.4 is 5.56 Å². The Morgan fingerprint density at radius 1 is 1.13 bits per heavy atom. The zero-order valence-electron chi connectivity index (χ0n) is 17.8. The van der Waals surface area contributed by atoms with E-state index in [0.29, 0.717) is 41.5 Å². The Morgan fingerprint density at radius 3 is 2.74 bits per heavy atom. The van der Waals surface area contributed by atoms with Crippen LogP contribution in [0.2, 0.25) is 0 Å². The van der Waals surface area contributed by atoms with Crippen molar-refractivity contribution in [3.63, 3.8) is 0 Å². The first-order valence-electron chi connectivity index (χ1n) is 10.3. The van der Waals surface area contributed by atoms with Gasteiger partial charge in [0.25, 0.3) is 5.56 Å². The molecule has 0 aliphatic heterocycles. The molecule has 2 heterocycles. The summed E-state index contributed by atoms with van der Waals surface area (Å²) in [5.41, 5.74) is 3.49. The van der Waals surface area contributed by atoms with Crippen molar-refractivity contribution in [3.05, 3.63) is 63.9 Å². The maximum Gasteiger partial charge on any atom is 0.305 e. The van der Waals surface area contributed by atoms with E-state index in [0.717, 1.165) is 22.3 Å². The van der Waals surface area contributed by atoms with Crippen molar-refractivity contribution in [2.45, 2.75) is 38.8 Å². The first kappa shape index (κ1) is 21.1. The highest BCUT2D eigenvalue weighted by Gasteiger charge is 2.19. The number of hydrogen-bond donors (Lipinski definition) is 0. The highest BCUT2D eigenvalue weighted by atomic mass is 32.2. The Hall–Kier alpha value is -3.13. The zero-order valence-corrected chi connectivity index (χ0v) is 18.6. The summed E-state index contributed by atoms with van der Waals surface area (Å²) in [7, 11) is 0. The van der Waals surface area contributed by atoms with Gasteiger partial charge in [-0.1, -0.05) is 36.0 Å². The average Bonchev–Trinajstić information content (AvgIpc) is 3.18. The normalized spacial score (nSPS) is 11.3. The Balaban J connectivity index is 1.81. The minimum Gasteiger partial charge on any atom is -0.466 e. The number of carbonyl (C=O) groups is 1. The van der Waals surface area contributed by atoms with Gasteiger partial charge in [-0.05, 0) is 56.5 Å². The van der Waals surface area contributed by atoms with Crippen LogP contribution in [0.3, 0.4) is 0 Å². The van der Waals surface area contributed by atoms with Crippen LogP contribution in [-0.4, -0.2) is 37.5 Å². The fraction of sp³-hybridized carbons (Fsp3) is 0.304. The summed E-state index contributed by atoms with van der Waals surface area (Å²) in [6.07, 6.45) is 1.04. The molecular weight excluding hydrogens is 412 g/mol. The second-order valence-corrected chi connectivity index (χ2v) is 8.38. The third-order valence-corrected chi connectivity index (χ3v) is 6.08. The molecule has 0 spiro atoms. The zero-order chi connectivity index (χ0) is 22.0. The number of benzene rings is 2. The molecule has 2 aromatic heterocycles. The van der Waals surface area contributed by atoms with Crippen molar-refractivity contribution < 1.29 is 9.53 Å². The second-order valence-electron chi connectivity index (χ2n) is 7.32. The summed E-state index contributed by atoms with van der Waals surface area (Å²) in [6.45, 7) is 6.17. The van der Waals surface area contributed by atoms with Crippen LogP contribution in [0.15, 0.2) is 52.4 Å². The molecule has 7 nitrogen and oxygen atoms in total. The lowest BCUT2D eigenvalue weighted by Crippen LogP contribution is -2.22. The fourth-order valence-electron chi connectivity index (χ4n) is 3.56. The Bertz CT molecular complexity index is 1330. The highest BCUT2D eigenvalue weighted by Crippen LogP contribution is 2.25. The van der Waals surface area contributed by atoms with E-state index in [1.165, 1.54) is 11.8 Å². The number of thioether (sulfide) groups is 1. The van der Waals surface area contributed by atoms with E-state index >= 15 is 0 Å². The van der Waals surface area contributed by atoms with Gasteiger partial charge in [0, 0.05) is 12.2 Å². The molecule has 0 aliphatic carbocycles. The van der Waals surface area contributed by atoms with Crippen molar-refractivity contribution in [2.24, 2.45) is 0 Å². The average molecular weight is 437 g/mol. The highest BCUT2D eigenvalue weighted by molar-refractivity contribution is 7.99. The van der Waals surface area contributed by atoms with E-state index in [2.05, 4.69) is 10.2 Å². The summed E-state index contributed by atoms with van der Waals surface area (Å²) < 4.78 is 8.55. The van der Waals surface area contributed by atoms with Crippen LogP contribution in [0, 0.1) is 13.8 Å². The summed E-state index contributed by atoms with van der Waals surface area (Å²) in [5.74, 6) is 0.977. The van der Waals surface area contributed by atoms with E-state index in [4.69, 9.17) is 4.74 Å². The molecule has 0 N–H and O–H groups in total. The van der Waals surface area contributed by atoms with Crippen LogP contribution in [-0.2, 0) is 9.53 Å². The van der Waals surface area contributed by atoms with Gasteiger partial charge in [0.1, 0.15) is 0 Å². The molecular formula is C23H24N4O3S. The standard InChI is InChI=1S/C23H24N4O3S/c1-4-30-20(28)10-7-13-31-23-25-24-22-26(19-14-15(2)11-12-16(19)3)21(29)17-8-5-6-9-18(17)27(22)23/h5-6,8-9,11-12,14H,4,7,10,13H2,1-3H3. The van der Waals surface area contributed by atoms with Crippen molar-refractivity contribution in [1.82, 2.24) is 19.2 Å². The van der Waals surface area contributed by atoms with Gasteiger partial charge in [-0.3, -0.25) is 14.0 Å². The third-order valence-electron chi connectivity index (χ3n) is 5.06. The molecule has 8 heteroatoms. The van der Waals surface area contributed by atoms with Crippen LogP contribution in [0.4, 0.5) is 0 Å². The van der Waals surface area contributed by atoms with Gasteiger partial charge in [-0.25, -0.2) is 4.57 Å². The van der Waals surface area contributed by atoms with Crippen LogP contribution in [0.1, 0.15) is 30.9 Å². The largest absolute Gasteiger partial charge is 0.466 e. The monoisotopic (exact) mass is 436 g/mol. The first-order valence-corrected chi connectivity index (χ1v) is 11.2. The number of fused-ring (bicyclic) bond motifs is 3. The Kier molecular flexibility index (Phi) is 6.08. The molecule has 0 amide bonds. The van der Waals surface area contributed by atoms with Crippen LogP contribution in [0.5, 0.6) is 0 Å². The predicted molar refractivity (Wildman–Crippen MR) is 122 cm³/mol. The Morgan fingerprint density at radius 2 is 1.94 bits per heavy atom. The molecule has 0 saturated heterocycles. The predicted octanol–water partition coefficient (Wildman–Crippen LogP) is 4.09. The maximum atomic E-state index is 13.4. The van der Waals surface area contributed by atoms with Gasteiger partial charge in [-0.15, -0.1) is 10.2 Å². The molecule has 2 aromatic carbocycles. The number of ether oxygens (including phenoxy) is 1. The van der Waals surface area contributed by atoms with Crippen LogP contribution >= 0.6 is 11.8 Å². The number of esters is 1. The van der Waals surface area contributed by atoms with E-state index in [1.54, 1.807) is 11.5 Å². The van der Waals surface area contributed by atoms with E-state index in [1.807, 2.05) is 60.7 Å². The molecule has 0 aliphatic rings. The van der Waals surface area contributed by atoms with Gasteiger partial charge in [0.15, 0.2) is 5.16 Å². The van der Waals surface area contributed by atoms with Crippen molar-refractivity contribution >= 4 is 34.4 Å². The van der Waals surface area contributed by atoms with Gasteiger partial charge >= 0.3 is 5.97 Å². The Labute approximate surface area is 184 Å². The fourth-order valence-corrected chi connectivity index (χ4v) is 4.44. The lowest BCUT2D eigenvalue weighted by Gasteiger charge is -2.14. The number of rotatable bonds is 7. The first-order chi connectivity index (χ1) is 15.0. The number of aromatic nitrogens is 4. The second kappa shape index (κ2) is 8.93. The molecule has 0 unspecified atom stereocenters. The minimum atomic E-state index is -0.191. The number of aryl methyl sites for hydroxylation is 2. The molecule has 4 aromatic rings. The molecule has 0 fully saturated rings. The van der Waals surface area contributed by atoms with E-state index in [9.17, 15) is 9.59 Å².